The van der Waals surface area contributed by atoms with Crippen LogP contribution in [0.25, 0.3) is 16.3 Å². The maximum atomic E-state index is 13.3. The summed E-state index contributed by atoms with van der Waals surface area (Å²) in [6.45, 7) is 4.36. The Bertz CT molecular complexity index is 1140. The maximum Gasteiger partial charge on any atom is 0.162 e. The Labute approximate surface area is 164 Å². The molecule has 0 fully saturated rings. The summed E-state index contributed by atoms with van der Waals surface area (Å²) in [7, 11) is 0. The van der Waals surface area contributed by atoms with Crippen molar-refractivity contribution in [2.75, 3.05) is 5.32 Å². The van der Waals surface area contributed by atoms with Gasteiger partial charge in [-0.3, -0.25) is 4.79 Å². The molecule has 3 nitrogen and oxygen atoms in total. The summed E-state index contributed by atoms with van der Waals surface area (Å²) in [5.74, 6) is 0.451. The number of phenols is 1. The van der Waals surface area contributed by atoms with E-state index >= 15 is 0 Å². The summed E-state index contributed by atoms with van der Waals surface area (Å²) < 4.78 is 0. The number of rotatable bonds is 1. The molecule has 2 N–H and O–H groups in total. The summed E-state index contributed by atoms with van der Waals surface area (Å²) in [5, 5.41) is 15.7. The van der Waals surface area contributed by atoms with Crippen LogP contribution in [0.15, 0.2) is 66.2 Å². The lowest BCUT2D eigenvalue weighted by Gasteiger charge is -2.40. The number of phenolic OH excluding ortho intramolecular Hbond substituents is 1. The van der Waals surface area contributed by atoms with Crippen molar-refractivity contribution in [1.29, 1.82) is 0 Å². The molecule has 3 aromatic rings. The van der Waals surface area contributed by atoms with Crippen molar-refractivity contribution in [3.63, 3.8) is 0 Å². The van der Waals surface area contributed by atoms with Crippen LogP contribution in [-0.4, -0.2) is 10.9 Å². The van der Waals surface area contributed by atoms with Crippen LogP contribution in [0, 0.1) is 5.41 Å². The molecule has 1 aliphatic carbocycles. The van der Waals surface area contributed by atoms with Gasteiger partial charge < -0.3 is 10.4 Å². The molecule has 0 unspecified atom stereocenters. The highest BCUT2D eigenvalue weighted by Gasteiger charge is 2.40. The Morgan fingerprint density at radius 1 is 0.964 bits per heavy atom. The van der Waals surface area contributed by atoms with Crippen molar-refractivity contribution in [3.05, 3.63) is 77.4 Å². The van der Waals surface area contributed by atoms with Gasteiger partial charge >= 0.3 is 0 Å². The highest BCUT2D eigenvalue weighted by atomic mass is 16.3. The molecule has 0 bridgehead atoms. The zero-order valence-electron chi connectivity index (χ0n) is 16.1. The number of carbonyl (C=O) groups is 1. The van der Waals surface area contributed by atoms with E-state index in [1.54, 1.807) is 12.1 Å². The van der Waals surface area contributed by atoms with Crippen LogP contribution >= 0.6 is 0 Å². The van der Waals surface area contributed by atoms with Crippen molar-refractivity contribution in [1.82, 2.24) is 0 Å². The van der Waals surface area contributed by atoms with Crippen molar-refractivity contribution < 1.29 is 9.90 Å². The van der Waals surface area contributed by atoms with Crippen LogP contribution in [0.5, 0.6) is 5.75 Å². The second kappa shape index (κ2) is 5.96. The lowest BCUT2D eigenvalue weighted by Crippen LogP contribution is -2.33. The monoisotopic (exact) mass is 369 g/mol. The van der Waals surface area contributed by atoms with Gasteiger partial charge in [0.25, 0.3) is 0 Å². The quantitative estimate of drug-likeness (QED) is 0.565. The first-order chi connectivity index (χ1) is 13.4. The fourth-order valence-electron chi connectivity index (χ4n) is 4.75. The number of fused-ring (bicyclic) bond motifs is 4. The summed E-state index contributed by atoms with van der Waals surface area (Å²) in [5.41, 5.74) is 5.24. The molecule has 0 saturated carbocycles. The van der Waals surface area contributed by atoms with E-state index in [-0.39, 0.29) is 23.0 Å². The van der Waals surface area contributed by atoms with Crippen molar-refractivity contribution >= 4 is 27.8 Å². The van der Waals surface area contributed by atoms with Gasteiger partial charge in [0.05, 0.1) is 6.04 Å². The van der Waals surface area contributed by atoms with Crippen LogP contribution in [0.2, 0.25) is 0 Å². The van der Waals surface area contributed by atoms with E-state index in [2.05, 4.69) is 55.6 Å². The number of allylic oxidation sites excluding steroid dienone is 1. The largest absolute Gasteiger partial charge is 0.508 e. The molecule has 3 aromatic carbocycles. The third-order valence-electron chi connectivity index (χ3n) is 5.97. The first kappa shape index (κ1) is 17.1. The molecule has 0 saturated heterocycles. The zero-order chi connectivity index (χ0) is 19.5. The number of carbonyl (C=O) groups excluding carboxylic acids is 1. The molecule has 2 aliphatic rings. The molecule has 28 heavy (non-hydrogen) atoms. The topological polar surface area (TPSA) is 49.3 Å². The van der Waals surface area contributed by atoms with Crippen molar-refractivity contribution in [3.8, 4) is 5.75 Å². The molecule has 140 valence electrons. The number of anilines is 1. The lowest BCUT2D eigenvalue weighted by molar-refractivity contribution is -0.118. The first-order valence-electron chi connectivity index (χ1n) is 9.77. The van der Waals surface area contributed by atoms with E-state index in [4.69, 9.17) is 0 Å². The molecular weight excluding hydrogens is 346 g/mol. The van der Waals surface area contributed by atoms with Gasteiger partial charge in [0, 0.05) is 23.2 Å². The number of hydrogen-bond acceptors (Lipinski definition) is 3. The molecule has 0 amide bonds. The Balaban J connectivity index is 1.79. The van der Waals surface area contributed by atoms with E-state index in [1.165, 1.54) is 21.9 Å². The number of nitrogens with one attached hydrogen (secondary N) is 1. The Morgan fingerprint density at radius 3 is 2.50 bits per heavy atom. The minimum absolute atomic E-state index is 0.0546. The van der Waals surface area contributed by atoms with Gasteiger partial charge in [-0.25, -0.2) is 0 Å². The predicted octanol–water partition coefficient (Wildman–Crippen LogP) is 5.85. The summed E-state index contributed by atoms with van der Waals surface area (Å²) >= 11 is 0. The zero-order valence-corrected chi connectivity index (χ0v) is 16.1. The van der Waals surface area contributed by atoms with Crippen molar-refractivity contribution in [2.45, 2.75) is 32.7 Å². The van der Waals surface area contributed by atoms with Gasteiger partial charge in [-0.05, 0) is 51.9 Å². The SMILES string of the molecule is CC1(C)CC(=O)C2=C(C1)c1c(ccc3ccccc13)N[C@@H]2c1ccc(O)cc1. The van der Waals surface area contributed by atoms with E-state index in [1.807, 2.05) is 12.1 Å². The normalized spacial score (nSPS) is 20.5. The molecule has 0 aromatic heterocycles. The number of Topliss-reactive ketones (excluding diaryl/α,β-unsaturated/α-hetero) is 1. The standard InChI is InChI=1S/C25H23NO2/c1-25(2)13-19-22-18-6-4-3-5-15(18)9-12-20(22)26-24(23(19)21(28)14-25)16-7-10-17(27)11-8-16/h3-12,24,26-27H,13-14H2,1-2H3/t24-/m1/s1. The molecule has 0 spiro atoms. The minimum Gasteiger partial charge on any atom is -0.508 e. The number of hydrogen-bond donors (Lipinski definition) is 2. The van der Waals surface area contributed by atoms with Crippen LogP contribution in [-0.2, 0) is 4.79 Å². The van der Waals surface area contributed by atoms with E-state index in [0.29, 0.717) is 6.42 Å². The molecule has 5 rings (SSSR count). The maximum absolute atomic E-state index is 13.3. The van der Waals surface area contributed by atoms with Crippen molar-refractivity contribution in [2.24, 2.45) is 5.41 Å². The van der Waals surface area contributed by atoms with E-state index < -0.39 is 0 Å². The fourth-order valence-corrected chi connectivity index (χ4v) is 4.75. The summed E-state index contributed by atoms with van der Waals surface area (Å²) in [6.07, 6.45) is 1.44. The Morgan fingerprint density at radius 2 is 1.71 bits per heavy atom. The Hall–Kier alpha value is -3.07. The fraction of sp³-hybridized carbons (Fsp3) is 0.240. The molecule has 1 heterocycles. The van der Waals surface area contributed by atoms with Gasteiger partial charge in [0.1, 0.15) is 5.75 Å². The van der Waals surface area contributed by atoms with Gasteiger partial charge in [-0.2, -0.15) is 0 Å². The summed E-state index contributed by atoms with van der Waals surface area (Å²) in [6, 6.07) is 19.6. The first-order valence-corrected chi connectivity index (χ1v) is 9.77. The van der Waals surface area contributed by atoms with E-state index in [0.717, 1.165) is 23.2 Å². The number of benzene rings is 3. The number of aromatic hydroxyl groups is 1. The van der Waals surface area contributed by atoms with Crippen LogP contribution < -0.4 is 5.32 Å². The van der Waals surface area contributed by atoms with Gasteiger partial charge in [-0.15, -0.1) is 0 Å². The average molecular weight is 369 g/mol. The van der Waals surface area contributed by atoms with E-state index in [9.17, 15) is 9.90 Å². The van der Waals surface area contributed by atoms with Crippen LogP contribution in [0.4, 0.5) is 5.69 Å². The second-order valence-corrected chi connectivity index (χ2v) is 8.71. The van der Waals surface area contributed by atoms with Gasteiger partial charge in [0.2, 0.25) is 0 Å². The van der Waals surface area contributed by atoms with Crippen LogP contribution in [0.1, 0.15) is 43.9 Å². The molecule has 3 heteroatoms. The summed E-state index contributed by atoms with van der Waals surface area (Å²) in [4.78, 5) is 13.3. The molecule has 1 aliphatic heterocycles. The molecule has 0 radical (unpaired) electrons. The smallest absolute Gasteiger partial charge is 0.162 e. The molecule has 1 atom stereocenters. The highest BCUT2D eigenvalue weighted by Crippen LogP contribution is 2.52. The third-order valence-corrected chi connectivity index (χ3v) is 5.97. The van der Waals surface area contributed by atoms with Gasteiger partial charge in [-0.1, -0.05) is 56.3 Å². The molecular formula is C25H23NO2. The van der Waals surface area contributed by atoms with Gasteiger partial charge in [0.15, 0.2) is 5.78 Å². The minimum atomic E-state index is -0.187. The number of ketones is 1. The highest BCUT2D eigenvalue weighted by molar-refractivity contribution is 6.12. The van der Waals surface area contributed by atoms with Crippen LogP contribution in [0.3, 0.4) is 0 Å². The Kier molecular flexibility index (Phi) is 3.63. The lowest BCUT2D eigenvalue weighted by atomic mass is 9.68. The average Bonchev–Trinajstić information content (AvgIpc) is 2.66. The predicted molar refractivity (Wildman–Crippen MR) is 113 cm³/mol. The third kappa shape index (κ3) is 2.62. The second-order valence-electron chi connectivity index (χ2n) is 8.71.